The zero-order chi connectivity index (χ0) is 21.6. The van der Waals surface area contributed by atoms with Crippen LogP contribution in [-0.4, -0.2) is 67.0 Å². The molecule has 8 nitrogen and oxygen atoms in total. The van der Waals surface area contributed by atoms with Gasteiger partial charge in [-0.15, -0.1) is 0 Å². The van der Waals surface area contributed by atoms with E-state index < -0.39 is 9.84 Å². The number of methoxy groups -OCH3 is 1. The highest BCUT2D eigenvalue weighted by atomic mass is 32.2. The van der Waals surface area contributed by atoms with Crippen molar-refractivity contribution in [1.29, 1.82) is 0 Å². The van der Waals surface area contributed by atoms with Gasteiger partial charge >= 0.3 is 5.97 Å². The maximum atomic E-state index is 13.2. The third kappa shape index (κ3) is 5.23. The summed E-state index contributed by atoms with van der Waals surface area (Å²) in [7, 11) is -1.82. The zero-order valence-corrected chi connectivity index (χ0v) is 19.0. The zero-order valence-electron chi connectivity index (χ0n) is 18.2. The number of piperidine rings is 1. The molecular formula is C21H35N3O5S. The number of imidazole rings is 1. The number of carbonyl (C=O) groups excluding carboxylic acids is 1. The minimum absolute atomic E-state index is 0.171. The Labute approximate surface area is 179 Å². The lowest BCUT2D eigenvalue weighted by Crippen LogP contribution is -2.45. The molecule has 1 aliphatic carbocycles. The van der Waals surface area contributed by atoms with Crippen LogP contribution < -0.4 is 0 Å². The quantitative estimate of drug-likeness (QED) is 0.407. The molecule has 0 unspecified atom stereocenters. The molecule has 2 heterocycles. The van der Waals surface area contributed by atoms with Crippen LogP contribution in [0.4, 0.5) is 0 Å². The minimum Gasteiger partial charge on any atom is -0.465 e. The van der Waals surface area contributed by atoms with Crippen LogP contribution in [0.1, 0.15) is 64.0 Å². The van der Waals surface area contributed by atoms with Crippen molar-refractivity contribution in [3.05, 3.63) is 11.9 Å². The fraction of sp³-hybridized carbons (Fsp3) is 0.810. The van der Waals surface area contributed by atoms with Crippen LogP contribution in [0, 0.1) is 0 Å². The highest BCUT2D eigenvalue weighted by molar-refractivity contribution is 7.91. The highest BCUT2D eigenvalue weighted by Crippen LogP contribution is 2.30. The van der Waals surface area contributed by atoms with Crippen molar-refractivity contribution in [3.63, 3.8) is 0 Å². The van der Waals surface area contributed by atoms with Gasteiger partial charge in [0, 0.05) is 26.8 Å². The van der Waals surface area contributed by atoms with Gasteiger partial charge in [-0.1, -0.05) is 19.3 Å². The SMILES string of the molecule is CCOC(=O)[C@@H]1CCCCN1Cc1cnc(S(=O)(=O)C2CCCC2)n1CCCOC. The van der Waals surface area contributed by atoms with E-state index in [4.69, 9.17) is 9.47 Å². The van der Waals surface area contributed by atoms with Gasteiger partial charge in [-0.3, -0.25) is 9.69 Å². The summed E-state index contributed by atoms with van der Waals surface area (Å²) in [6.07, 6.45) is 8.48. The lowest BCUT2D eigenvalue weighted by Gasteiger charge is -2.34. The van der Waals surface area contributed by atoms with Crippen LogP contribution in [0.25, 0.3) is 0 Å². The van der Waals surface area contributed by atoms with Gasteiger partial charge in [0.25, 0.3) is 0 Å². The standard InChI is InChI=1S/C21H35N3O5S/c1-3-29-20(25)19-11-6-7-12-23(19)16-17-15-22-21(24(17)13-8-14-28-2)30(26,27)18-9-4-5-10-18/h15,18-19H,3-14,16H2,1-2H3/t19-/m0/s1. The van der Waals surface area contributed by atoms with Crippen molar-refractivity contribution in [2.45, 2.75) is 87.8 Å². The van der Waals surface area contributed by atoms with Gasteiger partial charge in [-0.2, -0.15) is 0 Å². The molecule has 2 aliphatic rings. The number of nitrogens with zero attached hydrogens (tertiary/aromatic N) is 3. The Balaban J connectivity index is 1.86. The van der Waals surface area contributed by atoms with Crippen LogP contribution in [0.3, 0.4) is 0 Å². The van der Waals surface area contributed by atoms with Gasteiger partial charge in [-0.05, 0) is 45.6 Å². The maximum absolute atomic E-state index is 13.2. The Hall–Kier alpha value is -1.45. The summed E-state index contributed by atoms with van der Waals surface area (Å²) in [6, 6.07) is -0.282. The van der Waals surface area contributed by atoms with E-state index in [1.54, 1.807) is 13.3 Å². The molecule has 170 valence electrons. The third-order valence-corrected chi connectivity index (χ3v) is 8.35. The Bertz CT molecular complexity index is 802. The van der Waals surface area contributed by atoms with E-state index in [0.29, 0.717) is 45.6 Å². The second kappa shape index (κ2) is 10.7. The summed E-state index contributed by atoms with van der Waals surface area (Å²) in [5.74, 6) is -0.193. The van der Waals surface area contributed by atoms with E-state index in [0.717, 1.165) is 44.3 Å². The molecule has 9 heteroatoms. The number of hydrogen-bond acceptors (Lipinski definition) is 7. The molecule has 1 saturated heterocycles. The summed E-state index contributed by atoms with van der Waals surface area (Å²) in [4.78, 5) is 18.9. The van der Waals surface area contributed by atoms with E-state index >= 15 is 0 Å². The lowest BCUT2D eigenvalue weighted by molar-refractivity contribution is -0.151. The molecule has 1 saturated carbocycles. The molecule has 1 aliphatic heterocycles. The second-order valence-corrected chi connectivity index (χ2v) is 10.3. The van der Waals surface area contributed by atoms with E-state index in [2.05, 4.69) is 9.88 Å². The van der Waals surface area contributed by atoms with Crippen molar-refractivity contribution in [2.24, 2.45) is 0 Å². The molecular weight excluding hydrogens is 406 g/mol. The first-order valence-electron chi connectivity index (χ1n) is 11.2. The number of hydrogen-bond donors (Lipinski definition) is 0. The predicted molar refractivity (Wildman–Crippen MR) is 113 cm³/mol. The first kappa shape index (κ1) is 23.2. The maximum Gasteiger partial charge on any atom is 0.323 e. The molecule has 1 aromatic heterocycles. The summed E-state index contributed by atoms with van der Waals surface area (Å²) in [6.45, 7) is 4.54. The molecule has 30 heavy (non-hydrogen) atoms. The van der Waals surface area contributed by atoms with E-state index in [-0.39, 0.29) is 22.4 Å². The fourth-order valence-electron chi connectivity index (χ4n) is 4.59. The van der Waals surface area contributed by atoms with Crippen LogP contribution >= 0.6 is 0 Å². The van der Waals surface area contributed by atoms with Crippen molar-refractivity contribution in [2.75, 3.05) is 26.9 Å². The number of likely N-dealkylation sites (tertiary alicyclic amines) is 1. The van der Waals surface area contributed by atoms with Gasteiger partial charge < -0.3 is 14.0 Å². The van der Waals surface area contributed by atoms with Gasteiger partial charge in [-0.25, -0.2) is 13.4 Å². The van der Waals surface area contributed by atoms with E-state index in [9.17, 15) is 13.2 Å². The van der Waals surface area contributed by atoms with Crippen molar-refractivity contribution >= 4 is 15.8 Å². The summed E-state index contributed by atoms with van der Waals surface area (Å²) in [5, 5.41) is -0.165. The molecule has 1 atom stereocenters. The van der Waals surface area contributed by atoms with Crippen molar-refractivity contribution in [3.8, 4) is 0 Å². The summed E-state index contributed by atoms with van der Waals surface area (Å²) >= 11 is 0. The number of ether oxygens (including phenoxy) is 2. The average molecular weight is 442 g/mol. The molecule has 3 rings (SSSR count). The summed E-state index contributed by atoms with van der Waals surface area (Å²) in [5.41, 5.74) is 0.832. The van der Waals surface area contributed by atoms with Gasteiger partial charge in [0.1, 0.15) is 6.04 Å². The largest absolute Gasteiger partial charge is 0.465 e. The number of esters is 1. The normalized spacial score (nSPS) is 21.2. The molecule has 0 radical (unpaired) electrons. The highest BCUT2D eigenvalue weighted by Gasteiger charge is 2.35. The molecule has 2 fully saturated rings. The molecule has 0 aromatic carbocycles. The average Bonchev–Trinajstić information content (AvgIpc) is 3.40. The van der Waals surface area contributed by atoms with Gasteiger partial charge in [0.15, 0.2) is 0 Å². The van der Waals surface area contributed by atoms with Crippen molar-refractivity contribution in [1.82, 2.24) is 14.5 Å². The molecule has 0 amide bonds. The minimum atomic E-state index is -3.46. The molecule has 0 bridgehead atoms. The fourth-order valence-corrected chi connectivity index (χ4v) is 6.56. The smallest absolute Gasteiger partial charge is 0.323 e. The van der Waals surface area contributed by atoms with Crippen LogP contribution in [0.2, 0.25) is 0 Å². The van der Waals surface area contributed by atoms with Gasteiger partial charge in [0.05, 0.1) is 23.7 Å². The Morgan fingerprint density at radius 2 is 1.93 bits per heavy atom. The van der Waals surface area contributed by atoms with E-state index in [1.807, 2.05) is 11.5 Å². The predicted octanol–water partition coefficient (Wildman–Crippen LogP) is 2.55. The number of aromatic nitrogens is 2. The van der Waals surface area contributed by atoms with Crippen LogP contribution in [-0.2, 0) is 37.2 Å². The number of rotatable bonds is 10. The Kier molecular flexibility index (Phi) is 8.30. The molecule has 0 N–H and O–H groups in total. The first-order chi connectivity index (χ1) is 14.5. The number of sulfone groups is 1. The monoisotopic (exact) mass is 441 g/mol. The molecule has 1 aromatic rings. The second-order valence-electron chi connectivity index (χ2n) is 8.22. The Morgan fingerprint density at radius 3 is 2.63 bits per heavy atom. The van der Waals surface area contributed by atoms with Crippen molar-refractivity contribution < 1.29 is 22.7 Å². The van der Waals surface area contributed by atoms with Crippen LogP contribution in [0.15, 0.2) is 11.4 Å². The summed E-state index contributed by atoms with van der Waals surface area (Å²) < 4.78 is 38.8. The first-order valence-corrected chi connectivity index (χ1v) is 12.7. The lowest BCUT2D eigenvalue weighted by atomic mass is 10.0. The topological polar surface area (TPSA) is 90.7 Å². The number of carbonyl (C=O) groups is 1. The van der Waals surface area contributed by atoms with E-state index in [1.165, 1.54) is 0 Å². The third-order valence-electron chi connectivity index (χ3n) is 6.16. The van der Waals surface area contributed by atoms with Gasteiger partial charge in [0.2, 0.25) is 15.0 Å². The Morgan fingerprint density at radius 1 is 1.20 bits per heavy atom. The van der Waals surface area contributed by atoms with Crippen LogP contribution in [0.5, 0.6) is 0 Å². The molecule has 0 spiro atoms.